The van der Waals surface area contributed by atoms with Crippen LogP contribution < -0.4 is 9.64 Å². The van der Waals surface area contributed by atoms with E-state index in [0.29, 0.717) is 33.8 Å². The molecule has 39 heavy (non-hydrogen) atoms. The number of carbonyl (C=O) groups excluding carboxylic acids is 4. The van der Waals surface area contributed by atoms with Crippen molar-refractivity contribution in [2.24, 2.45) is 17.8 Å². The molecule has 3 aliphatic carbocycles. The topological polar surface area (TPSA) is 101 Å². The molecule has 2 aromatic rings. The summed E-state index contributed by atoms with van der Waals surface area (Å²) in [6.07, 6.45) is 3.73. The summed E-state index contributed by atoms with van der Waals surface area (Å²) >= 11 is 9.55. The first-order valence-electron chi connectivity index (χ1n) is 12.5. The van der Waals surface area contributed by atoms with E-state index in [-0.39, 0.29) is 45.8 Å². The molecule has 4 atom stereocenters. The predicted octanol–water partition coefficient (Wildman–Crippen LogP) is 5.33. The van der Waals surface area contributed by atoms with Crippen molar-refractivity contribution in [3.8, 4) is 11.5 Å². The van der Waals surface area contributed by atoms with Crippen LogP contribution in [0.3, 0.4) is 0 Å². The van der Waals surface area contributed by atoms with E-state index in [1.807, 2.05) is 13.0 Å². The lowest BCUT2D eigenvalue weighted by Crippen LogP contribution is -2.39. The number of amides is 2. The maximum atomic E-state index is 14.0. The number of methoxy groups -OCH3 is 1. The maximum Gasteiger partial charge on any atom is 0.238 e. The Morgan fingerprint density at radius 1 is 1.05 bits per heavy atom. The third-order valence-corrected chi connectivity index (χ3v) is 9.28. The SMILES string of the molecule is COc1cc(C2C3=CCC4C(=O)N(c5ccc(C)c(Cl)c5)C(=O)C4C3CC3=C2C(=O)C=C(Br)C3=O)ccc1O. The van der Waals surface area contributed by atoms with Gasteiger partial charge in [0.2, 0.25) is 11.8 Å². The number of hydrogen-bond donors (Lipinski definition) is 1. The highest BCUT2D eigenvalue weighted by molar-refractivity contribution is 9.12. The number of nitrogens with zero attached hydrogens (tertiary/aromatic N) is 1. The summed E-state index contributed by atoms with van der Waals surface area (Å²) in [5, 5.41) is 10.7. The second-order valence-corrected chi connectivity index (χ2v) is 11.5. The van der Waals surface area contributed by atoms with Gasteiger partial charge in [0.05, 0.1) is 29.1 Å². The van der Waals surface area contributed by atoms with Crippen LogP contribution in [-0.4, -0.2) is 35.6 Å². The number of allylic oxidation sites excluding steroid dienone is 6. The van der Waals surface area contributed by atoms with Gasteiger partial charge in [-0.3, -0.25) is 19.2 Å². The zero-order chi connectivity index (χ0) is 27.7. The molecule has 198 valence electrons. The molecule has 1 aliphatic heterocycles. The highest BCUT2D eigenvalue weighted by atomic mass is 79.9. The van der Waals surface area contributed by atoms with Gasteiger partial charge in [-0.1, -0.05) is 35.4 Å². The fourth-order valence-electron chi connectivity index (χ4n) is 6.44. The van der Waals surface area contributed by atoms with Gasteiger partial charge in [0.25, 0.3) is 0 Å². The quantitative estimate of drug-likeness (QED) is 0.287. The fourth-order valence-corrected chi connectivity index (χ4v) is 7.06. The number of ether oxygens (including phenoxy) is 1. The zero-order valence-electron chi connectivity index (χ0n) is 21.0. The van der Waals surface area contributed by atoms with Crippen LogP contribution in [-0.2, 0) is 19.2 Å². The van der Waals surface area contributed by atoms with Gasteiger partial charge in [-0.05, 0) is 77.0 Å². The van der Waals surface area contributed by atoms with Crippen LogP contribution in [0.25, 0.3) is 0 Å². The minimum Gasteiger partial charge on any atom is -0.504 e. The first-order valence-corrected chi connectivity index (χ1v) is 13.7. The Labute approximate surface area is 237 Å². The van der Waals surface area contributed by atoms with Gasteiger partial charge >= 0.3 is 0 Å². The van der Waals surface area contributed by atoms with Crippen LogP contribution in [0.4, 0.5) is 5.69 Å². The molecule has 1 fully saturated rings. The maximum absolute atomic E-state index is 14.0. The Balaban J connectivity index is 1.49. The molecular formula is C30H23BrClNO6. The molecule has 9 heteroatoms. The van der Waals surface area contributed by atoms with Gasteiger partial charge < -0.3 is 9.84 Å². The minimum atomic E-state index is -0.694. The van der Waals surface area contributed by atoms with Crippen LogP contribution in [0.5, 0.6) is 11.5 Å². The van der Waals surface area contributed by atoms with Gasteiger partial charge in [-0.25, -0.2) is 4.90 Å². The molecule has 0 saturated carbocycles. The Morgan fingerprint density at radius 3 is 2.54 bits per heavy atom. The van der Waals surface area contributed by atoms with Crippen molar-refractivity contribution in [1.82, 2.24) is 0 Å². The monoisotopic (exact) mass is 607 g/mol. The summed E-state index contributed by atoms with van der Waals surface area (Å²) in [6.45, 7) is 1.84. The Hall–Kier alpha value is -3.49. The van der Waals surface area contributed by atoms with Crippen LogP contribution in [0.15, 0.2) is 69.8 Å². The molecule has 1 saturated heterocycles. The molecule has 0 radical (unpaired) electrons. The molecule has 6 rings (SSSR count). The van der Waals surface area contributed by atoms with E-state index in [1.165, 1.54) is 24.2 Å². The van der Waals surface area contributed by atoms with Crippen LogP contribution in [0.2, 0.25) is 5.02 Å². The second kappa shape index (κ2) is 9.31. The summed E-state index contributed by atoms with van der Waals surface area (Å²) in [5.41, 5.74) is 3.42. The summed E-state index contributed by atoms with van der Waals surface area (Å²) in [5.74, 6) is -3.44. The molecule has 0 spiro atoms. The van der Waals surface area contributed by atoms with Crippen molar-refractivity contribution in [3.63, 3.8) is 0 Å². The zero-order valence-corrected chi connectivity index (χ0v) is 23.4. The van der Waals surface area contributed by atoms with Crippen LogP contribution >= 0.6 is 27.5 Å². The molecule has 4 unspecified atom stereocenters. The lowest BCUT2D eigenvalue weighted by Gasteiger charge is -2.42. The number of imide groups is 1. The van der Waals surface area contributed by atoms with Gasteiger partial charge in [0, 0.05) is 28.2 Å². The lowest BCUT2D eigenvalue weighted by molar-refractivity contribution is -0.123. The number of rotatable bonds is 3. The Kier molecular flexibility index (Phi) is 6.15. The van der Waals surface area contributed by atoms with Gasteiger partial charge in [-0.2, -0.15) is 0 Å². The number of carbonyl (C=O) groups is 4. The van der Waals surface area contributed by atoms with E-state index in [2.05, 4.69) is 15.9 Å². The van der Waals surface area contributed by atoms with E-state index in [4.69, 9.17) is 16.3 Å². The first-order chi connectivity index (χ1) is 18.6. The first kappa shape index (κ1) is 25.8. The number of phenolic OH excluding ortho intramolecular Hbond substituents is 1. The highest BCUT2D eigenvalue weighted by Crippen LogP contribution is 2.56. The summed E-state index contributed by atoms with van der Waals surface area (Å²) in [6, 6.07) is 9.92. The average Bonchev–Trinajstić information content (AvgIpc) is 3.17. The number of Topliss-reactive ketones (excluding diaryl/α,β-unsaturated/α-hetero) is 1. The number of halogens is 2. The summed E-state index contributed by atoms with van der Waals surface area (Å²) in [4.78, 5) is 55.4. The largest absolute Gasteiger partial charge is 0.504 e. The third-order valence-electron chi connectivity index (χ3n) is 8.28. The molecule has 7 nitrogen and oxygen atoms in total. The molecule has 2 amide bonds. The lowest BCUT2D eigenvalue weighted by atomic mass is 9.59. The smallest absolute Gasteiger partial charge is 0.238 e. The number of benzene rings is 2. The van der Waals surface area contributed by atoms with E-state index >= 15 is 0 Å². The molecule has 4 aliphatic rings. The van der Waals surface area contributed by atoms with E-state index in [9.17, 15) is 24.3 Å². The van der Waals surface area contributed by atoms with Crippen LogP contribution in [0, 0.1) is 24.7 Å². The van der Waals surface area contributed by atoms with Crippen molar-refractivity contribution < 1.29 is 29.0 Å². The van der Waals surface area contributed by atoms with Crippen molar-refractivity contribution >= 4 is 56.6 Å². The molecule has 0 bridgehead atoms. The predicted molar refractivity (Wildman–Crippen MR) is 148 cm³/mol. The van der Waals surface area contributed by atoms with Gasteiger partial charge in [0.15, 0.2) is 23.1 Å². The number of fused-ring (bicyclic) bond motifs is 3. The number of hydrogen-bond acceptors (Lipinski definition) is 6. The Bertz CT molecular complexity index is 1600. The van der Waals surface area contributed by atoms with E-state index < -0.39 is 23.7 Å². The molecule has 2 aromatic carbocycles. The van der Waals surface area contributed by atoms with Gasteiger partial charge in [0.1, 0.15) is 0 Å². The third kappa shape index (κ3) is 3.84. The number of ketones is 2. The molecule has 1 heterocycles. The summed E-state index contributed by atoms with van der Waals surface area (Å²) in [7, 11) is 1.43. The number of phenols is 1. The fraction of sp³-hybridized carbons (Fsp3) is 0.267. The van der Waals surface area contributed by atoms with Crippen molar-refractivity contribution in [3.05, 3.63) is 85.9 Å². The van der Waals surface area contributed by atoms with Crippen LogP contribution in [0.1, 0.15) is 29.9 Å². The van der Waals surface area contributed by atoms with Crippen molar-refractivity contribution in [2.45, 2.75) is 25.7 Å². The van der Waals surface area contributed by atoms with Crippen molar-refractivity contribution in [1.29, 1.82) is 0 Å². The van der Waals surface area contributed by atoms with Crippen molar-refractivity contribution in [2.75, 3.05) is 12.0 Å². The highest BCUT2D eigenvalue weighted by Gasteiger charge is 2.56. The standard InChI is InChI=1S/C30H23BrClNO6/c1-13-3-5-15(10-21(13)32)33-29(37)17-7-6-16-18(26(17)30(33)38)11-19-27(23(35)12-20(31)28(19)36)25(16)14-4-8-22(34)24(9-14)39-2/h3-6,8-10,12,17-18,25-26,34H,7,11H2,1-2H3. The number of aromatic hydroxyl groups is 1. The molecule has 0 aromatic heterocycles. The normalized spacial score (nSPS) is 26.2. The summed E-state index contributed by atoms with van der Waals surface area (Å²) < 4.78 is 5.49. The molecular weight excluding hydrogens is 586 g/mol. The number of aryl methyl sites for hydroxylation is 1. The second-order valence-electron chi connectivity index (χ2n) is 10.3. The van der Waals surface area contributed by atoms with E-state index in [1.54, 1.807) is 30.3 Å². The average molecular weight is 609 g/mol. The van der Waals surface area contributed by atoms with E-state index in [0.717, 1.165) is 11.1 Å². The van der Waals surface area contributed by atoms with Gasteiger partial charge in [-0.15, -0.1) is 0 Å². The minimum absolute atomic E-state index is 0.0573. The molecule has 1 N–H and O–H groups in total. The Morgan fingerprint density at radius 2 is 1.82 bits per heavy atom. The number of anilines is 1.